The normalized spacial score (nSPS) is 23.8. The molecule has 0 spiro atoms. The number of nitrogens with one attached hydrogen (secondary N) is 1. The van der Waals surface area contributed by atoms with Crippen molar-refractivity contribution in [2.75, 3.05) is 26.7 Å². The van der Waals surface area contributed by atoms with Crippen molar-refractivity contribution < 1.29 is 4.79 Å². The van der Waals surface area contributed by atoms with Gasteiger partial charge in [0.05, 0.1) is 0 Å². The molecule has 29 heavy (non-hydrogen) atoms. The largest absolute Gasteiger partial charge is 0.370 e. The highest BCUT2D eigenvalue weighted by molar-refractivity contribution is 5.80. The van der Waals surface area contributed by atoms with Crippen LogP contribution in [0.15, 0.2) is 29.3 Å². The molecule has 2 fully saturated rings. The average Bonchev–Trinajstić information content (AvgIpc) is 2.71. The van der Waals surface area contributed by atoms with Gasteiger partial charge in [0.15, 0.2) is 5.96 Å². The van der Waals surface area contributed by atoms with Gasteiger partial charge in [0.25, 0.3) is 0 Å². The molecule has 2 aliphatic rings. The van der Waals surface area contributed by atoms with Crippen LogP contribution in [-0.2, 0) is 17.9 Å². The van der Waals surface area contributed by atoms with E-state index in [1.54, 1.807) is 0 Å². The number of aliphatic imine (C=N–C) groups is 1. The first-order valence-electron chi connectivity index (χ1n) is 11.1. The van der Waals surface area contributed by atoms with Crippen LogP contribution >= 0.6 is 0 Å². The van der Waals surface area contributed by atoms with Gasteiger partial charge in [-0.3, -0.25) is 14.7 Å². The lowest BCUT2D eigenvalue weighted by atomic mass is 9.95. The molecule has 2 saturated heterocycles. The fraction of sp³-hybridized carbons (Fsp3) is 0.652. The predicted octanol–water partition coefficient (Wildman–Crippen LogP) is 2.72. The van der Waals surface area contributed by atoms with Gasteiger partial charge in [-0.1, -0.05) is 30.7 Å². The van der Waals surface area contributed by atoms with Crippen LogP contribution in [0.4, 0.5) is 0 Å². The molecule has 0 bridgehead atoms. The van der Waals surface area contributed by atoms with E-state index in [2.05, 4.69) is 51.3 Å². The lowest BCUT2D eigenvalue weighted by molar-refractivity contribution is -0.119. The van der Waals surface area contributed by atoms with Crippen LogP contribution < -0.4 is 11.1 Å². The van der Waals surface area contributed by atoms with Gasteiger partial charge >= 0.3 is 0 Å². The van der Waals surface area contributed by atoms with Crippen molar-refractivity contribution in [3.05, 3.63) is 35.4 Å². The fourth-order valence-electron chi connectivity index (χ4n) is 4.71. The maximum atomic E-state index is 11.3. The number of nitrogens with two attached hydrogens (primary N) is 1. The van der Waals surface area contributed by atoms with Crippen LogP contribution in [0, 0.1) is 5.92 Å². The number of benzene rings is 1. The average molecular weight is 400 g/mol. The van der Waals surface area contributed by atoms with Crippen LogP contribution in [0.3, 0.4) is 0 Å². The maximum absolute atomic E-state index is 11.3. The molecule has 0 aliphatic carbocycles. The number of primary amides is 1. The van der Waals surface area contributed by atoms with Crippen LogP contribution in [0.25, 0.3) is 0 Å². The number of rotatable bonds is 6. The lowest BCUT2D eigenvalue weighted by Crippen LogP contribution is -2.47. The van der Waals surface area contributed by atoms with Crippen LogP contribution in [0.5, 0.6) is 0 Å². The Labute approximate surface area is 175 Å². The summed E-state index contributed by atoms with van der Waals surface area (Å²) < 4.78 is 0. The van der Waals surface area contributed by atoms with Crippen molar-refractivity contribution in [2.45, 2.75) is 64.6 Å². The van der Waals surface area contributed by atoms with Crippen molar-refractivity contribution in [3.8, 4) is 0 Å². The van der Waals surface area contributed by atoms with E-state index in [4.69, 9.17) is 5.73 Å². The summed E-state index contributed by atoms with van der Waals surface area (Å²) in [6, 6.07) is 9.39. The zero-order valence-electron chi connectivity index (χ0n) is 18.1. The monoisotopic (exact) mass is 399 g/mol. The third kappa shape index (κ3) is 6.20. The highest BCUT2D eigenvalue weighted by Crippen LogP contribution is 2.22. The Kier molecular flexibility index (Phi) is 7.92. The highest BCUT2D eigenvalue weighted by Gasteiger charge is 2.24. The smallest absolute Gasteiger partial charge is 0.217 e. The molecule has 0 aromatic heterocycles. The first kappa shape index (κ1) is 21.6. The van der Waals surface area contributed by atoms with E-state index < -0.39 is 0 Å². The van der Waals surface area contributed by atoms with E-state index >= 15 is 0 Å². The summed E-state index contributed by atoms with van der Waals surface area (Å²) in [5.41, 5.74) is 8.14. The molecule has 0 radical (unpaired) electrons. The van der Waals surface area contributed by atoms with Gasteiger partial charge in [0.2, 0.25) is 5.91 Å². The van der Waals surface area contributed by atoms with Crippen LogP contribution in [0.2, 0.25) is 0 Å². The van der Waals surface area contributed by atoms with Gasteiger partial charge in [0, 0.05) is 45.7 Å². The Bertz CT molecular complexity index is 704. The lowest BCUT2D eigenvalue weighted by Gasteiger charge is -2.35. The van der Waals surface area contributed by atoms with Gasteiger partial charge in [0.1, 0.15) is 0 Å². The van der Waals surface area contributed by atoms with Gasteiger partial charge < -0.3 is 16.0 Å². The molecular formula is C23H37N5O. The molecule has 1 amide bonds. The van der Waals surface area contributed by atoms with Gasteiger partial charge in [-0.2, -0.15) is 0 Å². The first-order chi connectivity index (χ1) is 14.1. The number of likely N-dealkylation sites (tertiary alicyclic amines) is 2. The number of amides is 1. The summed E-state index contributed by atoms with van der Waals surface area (Å²) in [5.74, 6) is 1.04. The number of carbonyl (C=O) groups is 1. The third-order valence-corrected chi connectivity index (χ3v) is 6.39. The molecular weight excluding hydrogens is 362 g/mol. The third-order valence-electron chi connectivity index (χ3n) is 6.39. The molecule has 2 unspecified atom stereocenters. The molecule has 160 valence electrons. The Morgan fingerprint density at radius 1 is 1.17 bits per heavy atom. The van der Waals surface area contributed by atoms with Gasteiger partial charge in [-0.05, 0) is 56.2 Å². The molecule has 3 N–H and O–H groups in total. The first-order valence-corrected chi connectivity index (χ1v) is 11.1. The molecule has 3 rings (SSSR count). The fourth-order valence-corrected chi connectivity index (χ4v) is 4.71. The molecule has 6 nitrogen and oxygen atoms in total. The quantitative estimate of drug-likeness (QED) is 0.570. The topological polar surface area (TPSA) is 74.0 Å². The van der Waals surface area contributed by atoms with Crippen molar-refractivity contribution in [1.29, 1.82) is 0 Å². The second-order valence-electron chi connectivity index (χ2n) is 8.61. The molecule has 2 heterocycles. The van der Waals surface area contributed by atoms with E-state index in [0.29, 0.717) is 18.4 Å². The molecule has 0 saturated carbocycles. The number of nitrogens with zero attached hydrogens (tertiary/aromatic N) is 3. The van der Waals surface area contributed by atoms with Gasteiger partial charge in [-0.15, -0.1) is 0 Å². The van der Waals surface area contributed by atoms with Crippen molar-refractivity contribution in [1.82, 2.24) is 15.1 Å². The van der Waals surface area contributed by atoms with Crippen molar-refractivity contribution >= 4 is 11.9 Å². The summed E-state index contributed by atoms with van der Waals surface area (Å²) in [6.45, 7) is 7.14. The minimum Gasteiger partial charge on any atom is -0.370 e. The molecule has 1 aromatic rings. The zero-order valence-corrected chi connectivity index (χ0v) is 18.1. The summed E-state index contributed by atoms with van der Waals surface area (Å²) in [5, 5.41) is 3.56. The SMILES string of the molecule is CN=C(NCc1ccccc1CN1CCCCC1C)N1CCCC(CC(N)=O)C1. The second kappa shape index (κ2) is 10.6. The summed E-state index contributed by atoms with van der Waals surface area (Å²) in [7, 11) is 1.83. The molecule has 2 aliphatic heterocycles. The minimum absolute atomic E-state index is 0.208. The summed E-state index contributed by atoms with van der Waals surface area (Å²) in [6.07, 6.45) is 6.55. The highest BCUT2D eigenvalue weighted by atomic mass is 16.1. The predicted molar refractivity (Wildman–Crippen MR) is 118 cm³/mol. The number of guanidine groups is 1. The minimum atomic E-state index is -0.208. The number of carbonyl (C=O) groups excluding carboxylic acids is 1. The zero-order chi connectivity index (χ0) is 20.6. The Morgan fingerprint density at radius 2 is 1.97 bits per heavy atom. The van der Waals surface area contributed by atoms with Crippen LogP contribution in [-0.4, -0.2) is 54.4 Å². The van der Waals surface area contributed by atoms with E-state index in [-0.39, 0.29) is 5.91 Å². The second-order valence-corrected chi connectivity index (χ2v) is 8.61. The van der Waals surface area contributed by atoms with Gasteiger partial charge in [-0.25, -0.2) is 0 Å². The Morgan fingerprint density at radius 3 is 2.69 bits per heavy atom. The summed E-state index contributed by atoms with van der Waals surface area (Å²) >= 11 is 0. The van der Waals surface area contributed by atoms with E-state index in [9.17, 15) is 4.79 Å². The van der Waals surface area contributed by atoms with Crippen molar-refractivity contribution in [3.63, 3.8) is 0 Å². The van der Waals surface area contributed by atoms with Crippen molar-refractivity contribution in [2.24, 2.45) is 16.6 Å². The number of hydrogen-bond donors (Lipinski definition) is 2. The standard InChI is InChI=1S/C23H37N5O/c1-18-8-5-6-12-27(18)17-21-11-4-3-10-20(21)15-26-23(25-2)28-13-7-9-19(16-28)14-22(24)29/h3-4,10-11,18-19H,5-9,12-17H2,1-2H3,(H2,24,29)(H,25,26). The molecule has 2 atom stereocenters. The van der Waals surface area contributed by atoms with E-state index in [1.807, 2.05) is 7.05 Å². The maximum Gasteiger partial charge on any atom is 0.217 e. The Hall–Kier alpha value is -2.08. The summed E-state index contributed by atoms with van der Waals surface area (Å²) in [4.78, 5) is 20.7. The molecule has 1 aromatic carbocycles. The number of piperidine rings is 2. The molecule has 6 heteroatoms. The van der Waals surface area contributed by atoms with E-state index in [1.165, 1.54) is 36.9 Å². The number of hydrogen-bond acceptors (Lipinski definition) is 3. The van der Waals surface area contributed by atoms with E-state index in [0.717, 1.165) is 45.0 Å². The Balaban J connectivity index is 1.60. The van der Waals surface area contributed by atoms with Crippen LogP contribution in [0.1, 0.15) is 56.6 Å².